The molecule has 1 unspecified atom stereocenters. The van der Waals surface area contributed by atoms with Crippen LogP contribution in [0.1, 0.15) is 20.3 Å². The Hall–Kier alpha value is -2.38. The van der Waals surface area contributed by atoms with Crippen molar-refractivity contribution in [3.8, 4) is 0 Å². The molecule has 0 radical (unpaired) electrons. The maximum atomic E-state index is 12.3. The van der Waals surface area contributed by atoms with Crippen LogP contribution in [0, 0.1) is 5.92 Å². The number of ether oxygens (including phenoxy) is 1. The van der Waals surface area contributed by atoms with Gasteiger partial charge in [-0.2, -0.15) is 0 Å². The van der Waals surface area contributed by atoms with E-state index < -0.39 is 17.3 Å². The first kappa shape index (κ1) is 15.0. The number of hydrogen-bond donors (Lipinski definition) is 0. The molecule has 0 saturated carbocycles. The number of hydrogen-bond acceptors (Lipinski definition) is 5. The Kier molecular flexibility index (Phi) is 3.97. The van der Waals surface area contributed by atoms with E-state index in [0.717, 1.165) is 15.6 Å². The maximum Gasteiger partial charge on any atom is 0.419 e. The zero-order valence-corrected chi connectivity index (χ0v) is 12.5. The summed E-state index contributed by atoms with van der Waals surface area (Å²) in [4.78, 5) is 40.2. The lowest BCUT2D eigenvalue weighted by atomic mass is 10.1. The third-order valence-electron chi connectivity index (χ3n) is 3.59. The smallest absolute Gasteiger partial charge is 0.419 e. The van der Waals surface area contributed by atoms with Crippen LogP contribution in [-0.4, -0.2) is 31.9 Å². The molecule has 2 aromatic heterocycles. The number of carbonyl (C=O) groups is 1. The van der Waals surface area contributed by atoms with Crippen LogP contribution < -0.4 is 11.2 Å². The minimum Gasteiger partial charge on any atom is -0.452 e. The van der Waals surface area contributed by atoms with Crippen molar-refractivity contribution < 1.29 is 9.53 Å². The van der Waals surface area contributed by atoms with E-state index in [9.17, 15) is 14.4 Å². The Morgan fingerprint density at radius 3 is 2.67 bits per heavy atom. The van der Waals surface area contributed by atoms with Gasteiger partial charge in [0.25, 0.3) is 5.56 Å². The summed E-state index contributed by atoms with van der Waals surface area (Å²) >= 11 is 0. The van der Waals surface area contributed by atoms with Gasteiger partial charge in [0.15, 0.2) is 11.2 Å². The van der Waals surface area contributed by atoms with Crippen LogP contribution in [0.4, 0.5) is 4.79 Å². The Bertz CT molecular complexity index is 799. The van der Waals surface area contributed by atoms with Crippen molar-refractivity contribution in [2.75, 3.05) is 7.11 Å². The van der Waals surface area contributed by atoms with E-state index in [1.54, 1.807) is 0 Å². The number of fused-ring (bicyclic) bond motifs is 1. The summed E-state index contributed by atoms with van der Waals surface area (Å²) in [6.07, 6.45) is 1.36. The molecule has 2 aromatic rings. The second-order valence-electron chi connectivity index (χ2n) is 5.03. The van der Waals surface area contributed by atoms with Crippen LogP contribution in [0.5, 0.6) is 0 Å². The number of imidazole rings is 1. The van der Waals surface area contributed by atoms with Crippen LogP contribution in [0.2, 0.25) is 0 Å². The van der Waals surface area contributed by atoms with E-state index in [0.29, 0.717) is 6.54 Å². The fourth-order valence-corrected chi connectivity index (χ4v) is 2.09. The van der Waals surface area contributed by atoms with Crippen molar-refractivity contribution in [3.63, 3.8) is 0 Å². The predicted octanol–water partition coefficient (Wildman–Crippen LogP) is 0.557. The van der Waals surface area contributed by atoms with Gasteiger partial charge in [0.1, 0.15) is 6.33 Å². The SMILES string of the molecule is CCC(C)Cn1c(=O)n(C)c(=O)c2c1ncn2C(=O)OC. The first-order valence-electron chi connectivity index (χ1n) is 6.67. The van der Waals surface area contributed by atoms with Gasteiger partial charge in [-0.15, -0.1) is 0 Å². The molecule has 0 amide bonds. The molecule has 8 nitrogen and oxygen atoms in total. The Morgan fingerprint density at radius 2 is 2.10 bits per heavy atom. The summed E-state index contributed by atoms with van der Waals surface area (Å²) in [7, 11) is 2.60. The molecule has 2 rings (SSSR count). The van der Waals surface area contributed by atoms with Gasteiger partial charge in [-0.3, -0.25) is 13.9 Å². The molecule has 21 heavy (non-hydrogen) atoms. The number of nitrogens with zero attached hydrogens (tertiary/aromatic N) is 4. The van der Waals surface area contributed by atoms with Crippen molar-refractivity contribution in [2.24, 2.45) is 13.0 Å². The minimum absolute atomic E-state index is 0.0484. The molecule has 0 aliphatic rings. The quantitative estimate of drug-likeness (QED) is 0.825. The van der Waals surface area contributed by atoms with Crippen molar-refractivity contribution in [2.45, 2.75) is 26.8 Å². The largest absolute Gasteiger partial charge is 0.452 e. The fraction of sp³-hybridized carbons (Fsp3) is 0.538. The molecule has 0 aliphatic carbocycles. The van der Waals surface area contributed by atoms with Crippen LogP contribution in [0.15, 0.2) is 15.9 Å². The van der Waals surface area contributed by atoms with E-state index >= 15 is 0 Å². The molecular formula is C13H18N4O4. The third-order valence-corrected chi connectivity index (χ3v) is 3.59. The van der Waals surface area contributed by atoms with Gasteiger partial charge in [-0.1, -0.05) is 20.3 Å². The van der Waals surface area contributed by atoms with Gasteiger partial charge in [-0.05, 0) is 5.92 Å². The lowest BCUT2D eigenvalue weighted by molar-refractivity contribution is 0.174. The average Bonchev–Trinajstić information content (AvgIpc) is 2.93. The number of methoxy groups -OCH3 is 1. The van der Waals surface area contributed by atoms with Crippen LogP contribution in [0.25, 0.3) is 11.2 Å². The summed E-state index contributed by atoms with van der Waals surface area (Å²) < 4.78 is 8.04. The zero-order chi connectivity index (χ0) is 15.7. The molecule has 0 aliphatic heterocycles. The van der Waals surface area contributed by atoms with Crippen LogP contribution in [0.3, 0.4) is 0 Å². The summed E-state index contributed by atoms with van der Waals surface area (Å²) in [5.74, 6) is 0.242. The summed E-state index contributed by atoms with van der Waals surface area (Å²) in [5, 5.41) is 0. The summed E-state index contributed by atoms with van der Waals surface area (Å²) in [6.45, 7) is 4.45. The molecule has 0 bridgehead atoms. The molecular weight excluding hydrogens is 276 g/mol. The Balaban J connectivity index is 2.81. The van der Waals surface area contributed by atoms with E-state index in [4.69, 9.17) is 0 Å². The predicted molar refractivity (Wildman–Crippen MR) is 76.5 cm³/mol. The molecule has 2 heterocycles. The molecule has 0 N–H and O–H groups in total. The minimum atomic E-state index is -0.719. The van der Waals surface area contributed by atoms with Crippen molar-refractivity contribution >= 4 is 17.3 Å². The van der Waals surface area contributed by atoms with Gasteiger partial charge in [0.2, 0.25) is 0 Å². The lowest BCUT2D eigenvalue weighted by Crippen LogP contribution is -2.40. The lowest BCUT2D eigenvalue weighted by Gasteiger charge is -2.13. The van der Waals surface area contributed by atoms with Gasteiger partial charge >= 0.3 is 11.8 Å². The van der Waals surface area contributed by atoms with Crippen molar-refractivity contribution in [3.05, 3.63) is 27.2 Å². The van der Waals surface area contributed by atoms with E-state index in [2.05, 4.69) is 9.72 Å². The normalized spacial score (nSPS) is 12.6. The molecule has 114 valence electrons. The summed E-state index contributed by atoms with van der Waals surface area (Å²) in [6, 6.07) is 0. The van der Waals surface area contributed by atoms with Gasteiger partial charge in [0.05, 0.1) is 7.11 Å². The Morgan fingerprint density at radius 1 is 1.43 bits per heavy atom. The highest BCUT2D eigenvalue weighted by Gasteiger charge is 2.20. The van der Waals surface area contributed by atoms with Gasteiger partial charge in [0, 0.05) is 13.6 Å². The average molecular weight is 294 g/mol. The molecule has 0 aromatic carbocycles. The zero-order valence-electron chi connectivity index (χ0n) is 12.5. The first-order valence-corrected chi connectivity index (χ1v) is 6.67. The highest BCUT2D eigenvalue weighted by molar-refractivity contribution is 5.84. The maximum absolute atomic E-state index is 12.3. The molecule has 1 atom stereocenters. The van der Waals surface area contributed by atoms with Gasteiger partial charge < -0.3 is 4.74 Å². The molecule has 0 saturated heterocycles. The number of carbonyl (C=O) groups excluding carboxylic acids is 1. The van der Waals surface area contributed by atoms with Crippen LogP contribution in [-0.2, 0) is 18.3 Å². The highest BCUT2D eigenvalue weighted by atomic mass is 16.5. The topological polar surface area (TPSA) is 88.1 Å². The third kappa shape index (κ3) is 2.37. The number of aromatic nitrogens is 4. The van der Waals surface area contributed by atoms with Gasteiger partial charge in [-0.25, -0.2) is 19.1 Å². The van der Waals surface area contributed by atoms with Crippen molar-refractivity contribution in [1.82, 2.24) is 18.7 Å². The van der Waals surface area contributed by atoms with E-state index in [-0.39, 0.29) is 17.1 Å². The molecule has 0 spiro atoms. The summed E-state index contributed by atoms with van der Waals surface area (Å²) in [5.41, 5.74) is -0.762. The standard InChI is InChI=1S/C13H18N4O4/c1-5-8(2)6-16-10-9(11(18)15(3)12(16)19)17(7-14-10)13(20)21-4/h7-8H,5-6H2,1-4H3. The number of rotatable bonds is 3. The van der Waals surface area contributed by atoms with E-state index in [1.165, 1.54) is 25.1 Å². The molecule has 0 fully saturated rings. The van der Waals surface area contributed by atoms with Crippen LogP contribution >= 0.6 is 0 Å². The fourth-order valence-electron chi connectivity index (χ4n) is 2.09. The molecule has 8 heteroatoms. The highest BCUT2D eigenvalue weighted by Crippen LogP contribution is 2.10. The Labute approximate surface area is 120 Å². The second kappa shape index (κ2) is 5.55. The monoisotopic (exact) mass is 294 g/mol. The van der Waals surface area contributed by atoms with E-state index in [1.807, 2.05) is 13.8 Å². The first-order chi connectivity index (χ1) is 9.92. The van der Waals surface area contributed by atoms with Crippen molar-refractivity contribution in [1.29, 1.82) is 0 Å². The second-order valence-corrected chi connectivity index (χ2v) is 5.03.